The van der Waals surface area contributed by atoms with E-state index in [1.807, 2.05) is 29.3 Å². The van der Waals surface area contributed by atoms with E-state index in [0.29, 0.717) is 12.5 Å². The van der Waals surface area contributed by atoms with Crippen molar-refractivity contribution in [2.24, 2.45) is 0 Å². The van der Waals surface area contributed by atoms with Gasteiger partial charge in [-0.25, -0.2) is 4.98 Å². The predicted octanol–water partition coefficient (Wildman–Crippen LogP) is 2.50. The number of carbonyl (C=O) groups is 1. The first-order chi connectivity index (χ1) is 11.8. The quantitative estimate of drug-likeness (QED) is 0.784. The highest BCUT2D eigenvalue weighted by molar-refractivity contribution is 5.76. The minimum atomic E-state index is 0.274. The van der Waals surface area contributed by atoms with Gasteiger partial charge in [0, 0.05) is 63.3 Å². The number of amides is 1. The second-order valence-corrected chi connectivity index (χ2v) is 6.43. The topological polar surface area (TPSA) is 56.0 Å². The molecular weight excluding hydrogens is 302 g/mol. The summed E-state index contributed by atoms with van der Waals surface area (Å²) in [6.45, 7) is 4.59. The monoisotopic (exact) mass is 329 g/mol. The molecule has 0 radical (unpaired) electrons. The maximum Gasteiger partial charge on any atom is 0.224 e. The van der Waals surface area contributed by atoms with Crippen molar-refractivity contribution in [3.05, 3.63) is 36.7 Å². The molecule has 1 aliphatic heterocycles. The standard InChI is InChI=1S/C18H27N5O/c1-2-17-19-10-15-21(17)13-8-18(24)23-12-4-3-6-16(23)7-14-22-11-5-9-20-22/h5,9-11,15-16H,2-4,6-8,12-14H2,1H3. The minimum absolute atomic E-state index is 0.274. The lowest BCUT2D eigenvalue weighted by Crippen LogP contribution is -2.44. The zero-order valence-electron chi connectivity index (χ0n) is 14.5. The van der Waals surface area contributed by atoms with Gasteiger partial charge in [0.25, 0.3) is 0 Å². The Kier molecular flexibility index (Phi) is 5.67. The Bertz CT molecular complexity index is 634. The SMILES string of the molecule is CCc1nccn1CCC(=O)N1CCCCC1CCn1cccn1. The lowest BCUT2D eigenvalue weighted by molar-refractivity contribution is -0.135. The summed E-state index contributed by atoms with van der Waals surface area (Å²) >= 11 is 0. The smallest absolute Gasteiger partial charge is 0.224 e. The molecule has 24 heavy (non-hydrogen) atoms. The second kappa shape index (κ2) is 8.13. The molecule has 1 unspecified atom stereocenters. The summed E-state index contributed by atoms with van der Waals surface area (Å²) in [6.07, 6.45) is 13.5. The summed E-state index contributed by atoms with van der Waals surface area (Å²) in [5, 5.41) is 4.26. The van der Waals surface area contributed by atoms with E-state index in [1.54, 1.807) is 6.20 Å². The van der Waals surface area contributed by atoms with Crippen LogP contribution in [0.3, 0.4) is 0 Å². The first kappa shape index (κ1) is 16.7. The highest BCUT2D eigenvalue weighted by Gasteiger charge is 2.26. The number of nitrogens with zero attached hydrogens (tertiary/aromatic N) is 5. The maximum absolute atomic E-state index is 12.7. The van der Waals surface area contributed by atoms with E-state index >= 15 is 0 Å². The van der Waals surface area contributed by atoms with Crippen molar-refractivity contribution >= 4 is 5.91 Å². The van der Waals surface area contributed by atoms with Crippen LogP contribution in [0.2, 0.25) is 0 Å². The van der Waals surface area contributed by atoms with Crippen molar-refractivity contribution < 1.29 is 4.79 Å². The van der Waals surface area contributed by atoms with Gasteiger partial charge in [0.05, 0.1) is 0 Å². The van der Waals surface area contributed by atoms with Crippen LogP contribution in [0.25, 0.3) is 0 Å². The molecule has 0 spiro atoms. The Morgan fingerprint density at radius 3 is 2.96 bits per heavy atom. The number of piperidine rings is 1. The molecular formula is C18H27N5O. The molecule has 1 saturated heterocycles. The molecule has 1 fully saturated rings. The van der Waals surface area contributed by atoms with E-state index in [4.69, 9.17) is 0 Å². The fourth-order valence-corrected chi connectivity index (χ4v) is 3.56. The molecule has 6 heteroatoms. The normalized spacial score (nSPS) is 18.0. The van der Waals surface area contributed by atoms with Crippen molar-refractivity contribution in [3.8, 4) is 0 Å². The molecule has 6 nitrogen and oxygen atoms in total. The summed E-state index contributed by atoms with van der Waals surface area (Å²) < 4.78 is 4.05. The second-order valence-electron chi connectivity index (χ2n) is 6.43. The van der Waals surface area contributed by atoms with E-state index in [9.17, 15) is 4.79 Å². The number of aromatic nitrogens is 4. The number of aryl methyl sites for hydroxylation is 3. The van der Waals surface area contributed by atoms with Gasteiger partial charge in [0.2, 0.25) is 5.91 Å². The average molecular weight is 329 g/mol. The van der Waals surface area contributed by atoms with Gasteiger partial charge in [-0.2, -0.15) is 5.10 Å². The predicted molar refractivity (Wildman–Crippen MR) is 92.4 cm³/mol. The van der Waals surface area contributed by atoms with Crippen molar-refractivity contribution in [1.29, 1.82) is 0 Å². The van der Waals surface area contributed by atoms with Crippen LogP contribution in [0.4, 0.5) is 0 Å². The molecule has 0 N–H and O–H groups in total. The van der Waals surface area contributed by atoms with Crippen LogP contribution in [0.15, 0.2) is 30.9 Å². The molecule has 1 atom stereocenters. The number of hydrogen-bond donors (Lipinski definition) is 0. The van der Waals surface area contributed by atoms with Gasteiger partial charge in [0.1, 0.15) is 5.82 Å². The zero-order valence-corrected chi connectivity index (χ0v) is 14.5. The first-order valence-electron chi connectivity index (χ1n) is 9.05. The van der Waals surface area contributed by atoms with Crippen LogP contribution in [0, 0.1) is 0 Å². The Morgan fingerprint density at radius 1 is 1.25 bits per heavy atom. The molecule has 0 aliphatic carbocycles. The molecule has 3 rings (SSSR count). The minimum Gasteiger partial charge on any atom is -0.340 e. The number of hydrogen-bond acceptors (Lipinski definition) is 3. The lowest BCUT2D eigenvalue weighted by atomic mass is 9.99. The van der Waals surface area contributed by atoms with Gasteiger partial charge in [-0.1, -0.05) is 6.92 Å². The first-order valence-corrected chi connectivity index (χ1v) is 9.05. The fraction of sp³-hybridized carbons (Fsp3) is 0.611. The van der Waals surface area contributed by atoms with Gasteiger partial charge in [0.15, 0.2) is 0 Å². The molecule has 0 bridgehead atoms. The number of imidazole rings is 1. The molecule has 130 valence electrons. The highest BCUT2D eigenvalue weighted by atomic mass is 16.2. The number of likely N-dealkylation sites (tertiary alicyclic amines) is 1. The average Bonchev–Trinajstić information content (AvgIpc) is 3.29. The Labute approximate surface area is 143 Å². The summed E-state index contributed by atoms with van der Waals surface area (Å²) in [4.78, 5) is 19.2. The van der Waals surface area contributed by atoms with E-state index in [2.05, 4.69) is 26.5 Å². The van der Waals surface area contributed by atoms with Crippen molar-refractivity contribution in [3.63, 3.8) is 0 Å². The van der Waals surface area contributed by atoms with Crippen LogP contribution < -0.4 is 0 Å². The molecule has 2 aromatic heterocycles. The molecule has 1 aliphatic rings. The molecule has 0 saturated carbocycles. The molecule has 0 aromatic carbocycles. The Hall–Kier alpha value is -2.11. The van der Waals surface area contributed by atoms with Gasteiger partial charge < -0.3 is 9.47 Å². The summed E-state index contributed by atoms with van der Waals surface area (Å²) in [5.74, 6) is 1.33. The fourth-order valence-electron chi connectivity index (χ4n) is 3.56. The van der Waals surface area contributed by atoms with E-state index in [0.717, 1.165) is 51.1 Å². The van der Waals surface area contributed by atoms with Crippen molar-refractivity contribution in [1.82, 2.24) is 24.2 Å². The van der Waals surface area contributed by atoms with Gasteiger partial charge in [-0.15, -0.1) is 0 Å². The summed E-state index contributed by atoms with van der Waals surface area (Å²) in [5.41, 5.74) is 0. The van der Waals surface area contributed by atoms with Crippen LogP contribution in [-0.2, 0) is 24.3 Å². The lowest BCUT2D eigenvalue weighted by Gasteiger charge is -2.36. The highest BCUT2D eigenvalue weighted by Crippen LogP contribution is 2.21. The van der Waals surface area contributed by atoms with E-state index in [-0.39, 0.29) is 5.91 Å². The third kappa shape index (κ3) is 4.04. The van der Waals surface area contributed by atoms with Gasteiger partial charge in [-0.05, 0) is 31.7 Å². The number of rotatable bonds is 7. The maximum atomic E-state index is 12.7. The Balaban J connectivity index is 1.54. The van der Waals surface area contributed by atoms with Gasteiger partial charge >= 0.3 is 0 Å². The third-order valence-electron chi connectivity index (χ3n) is 4.88. The Morgan fingerprint density at radius 2 is 2.17 bits per heavy atom. The largest absolute Gasteiger partial charge is 0.340 e. The van der Waals surface area contributed by atoms with Crippen LogP contribution in [0.1, 0.15) is 44.9 Å². The summed E-state index contributed by atoms with van der Waals surface area (Å²) in [7, 11) is 0. The van der Waals surface area contributed by atoms with Crippen molar-refractivity contribution in [2.75, 3.05) is 6.54 Å². The van der Waals surface area contributed by atoms with Crippen LogP contribution in [-0.4, -0.2) is 42.7 Å². The molecule has 2 aromatic rings. The third-order valence-corrected chi connectivity index (χ3v) is 4.88. The zero-order chi connectivity index (χ0) is 16.8. The molecule has 3 heterocycles. The molecule has 1 amide bonds. The van der Waals surface area contributed by atoms with Crippen LogP contribution in [0.5, 0.6) is 0 Å². The van der Waals surface area contributed by atoms with E-state index < -0.39 is 0 Å². The van der Waals surface area contributed by atoms with Crippen LogP contribution >= 0.6 is 0 Å². The number of carbonyl (C=O) groups excluding carboxylic acids is 1. The van der Waals surface area contributed by atoms with Crippen molar-refractivity contribution in [2.45, 2.75) is 64.6 Å². The van der Waals surface area contributed by atoms with Gasteiger partial charge in [-0.3, -0.25) is 9.48 Å². The van der Waals surface area contributed by atoms with E-state index in [1.165, 1.54) is 6.42 Å². The summed E-state index contributed by atoms with van der Waals surface area (Å²) in [6, 6.07) is 2.30.